The summed E-state index contributed by atoms with van der Waals surface area (Å²) < 4.78 is 10.1. The fourth-order valence-electron chi connectivity index (χ4n) is 2.38. The van der Waals surface area contributed by atoms with Gasteiger partial charge >= 0.3 is 5.97 Å². The van der Waals surface area contributed by atoms with E-state index in [1.165, 1.54) is 7.11 Å². The van der Waals surface area contributed by atoms with Gasteiger partial charge < -0.3 is 14.5 Å². The molecule has 0 aliphatic carbocycles. The molecule has 0 radical (unpaired) electrons. The van der Waals surface area contributed by atoms with Crippen molar-refractivity contribution < 1.29 is 14.3 Å². The predicted molar refractivity (Wildman–Crippen MR) is 81.6 cm³/mol. The Labute approximate surface area is 122 Å². The number of ether oxygens (including phenoxy) is 2. The number of esters is 1. The zero-order valence-electron chi connectivity index (χ0n) is 11.8. The molecule has 21 heavy (non-hydrogen) atoms. The van der Waals surface area contributed by atoms with Gasteiger partial charge in [0.1, 0.15) is 5.75 Å². The number of hydrogen-bond donors (Lipinski definition) is 1. The average Bonchev–Trinajstić information content (AvgIpc) is 2.96. The van der Waals surface area contributed by atoms with Crippen LogP contribution in [0.2, 0.25) is 0 Å². The lowest BCUT2D eigenvalue weighted by Gasteiger charge is -2.05. The topological polar surface area (TPSA) is 51.3 Å². The molecule has 1 aromatic heterocycles. The van der Waals surface area contributed by atoms with E-state index in [4.69, 9.17) is 9.47 Å². The van der Waals surface area contributed by atoms with Crippen molar-refractivity contribution in [3.8, 4) is 17.0 Å². The molecule has 3 aromatic rings. The summed E-state index contributed by atoms with van der Waals surface area (Å²) in [7, 11) is 3.03. The van der Waals surface area contributed by atoms with E-state index in [0.717, 1.165) is 27.9 Å². The Morgan fingerprint density at radius 1 is 1.05 bits per heavy atom. The number of aromatic nitrogens is 1. The minimum atomic E-state index is -0.342. The van der Waals surface area contributed by atoms with Gasteiger partial charge in [0, 0.05) is 16.5 Å². The fourth-order valence-corrected chi connectivity index (χ4v) is 2.38. The molecule has 0 amide bonds. The maximum atomic E-state index is 11.6. The molecular weight excluding hydrogens is 266 g/mol. The number of benzene rings is 2. The van der Waals surface area contributed by atoms with Crippen LogP contribution in [0.5, 0.6) is 5.75 Å². The molecule has 4 nitrogen and oxygen atoms in total. The van der Waals surface area contributed by atoms with Crippen LogP contribution in [0.3, 0.4) is 0 Å². The van der Waals surface area contributed by atoms with Crippen molar-refractivity contribution in [2.75, 3.05) is 14.2 Å². The lowest BCUT2D eigenvalue weighted by molar-refractivity contribution is 0.0601. The van der Waals surface area contributed by atoms with E-state index in [-0.39, 0.29) is 5.97 Å². The lowest BCUT2D eigenvalue weighted by atomic mass is 10.1. The summed E-state index contributed by atoms with van der Waals surface area (Å²) in [6.07, 6.45) is 0. The normalized spacial score (nSPS) is 10.6. The van der Waals surface area contributed by atoms with Crippen molar-refractivity contribution in [1.82, 2.24) is 4.98 Å². The molecule has 0 fully saturated rings. The van der Waals surface area contributed by atoms with Gasteiger partial charge in [0.25, 0.3) is 0 Å². The Kier molecular flexibility index (Phi) is 3.36. The molecule has 106 valence electrons. The third kappa shape index (κ3) is 2.36. The second kappa shape index (κ2) is 5.32. The number of carbonyl (C=O) groups is 1. The molecule has 0 aliphatic heterocycles. The molecule has 0 bridgehead atoms. The van der Waals surface area contributed by atoms with Crippen LogP contribution < -0.4 is 4.74 Å². The number of nitrogens with one attached hydrogen (secondary N) is 1. The first kappa shape index (κ1) is 13.2. The minimum Gasteiger partial charge on any atom is -0.496 e. The highest BCUT2D eigenvalue weighted by molar-refractivity contribution is 5.96. The molecular formula is C17H15NO3. The van der Waals surface area contributed by atoms with Crippen molar-refractivity contribution in [3.63, 3.8) is 0 Å². The van der Waals surface area contributed by atoms with Crippen LogP contribution >= 0.6 is 0 Å². The van der Waals surface area contributed by atoms with Gasteiger partial charge in [-0.25, -0.2) is 4.79 Å². The first-order chi connectivity index (χ1) is 10.2. The number of rotatable bonds is 3. The van der Waals surface area contributed by atoms with Gasteiger partial charge in [-0.1, -0.05) is 18.2 Å². The molecule has 0 spiro atoms. The van der Waals surface area contributed by atoms with Gasteiger partial charge in [0.05, 0.1) is 25.5 Å². The van der Waals surface area contributed by atoms with Gasteiger partial charge in [0.2, 0.25) is 0 Å². The summed E-state index contributed by atoms with van der Waals surface area (Å²) in [5.74, 6) is 0.461. The summed E-state index contributed by atoms with van der Waals surface area (Å²) >= 11 is 0. The van der Waals surface area contributed by atoms with Crippen LogP contribution in [-0.4, -0.2) is 25.2 Å². The quantitative estimate of drug-likeness (QED) is 0.746. The van der Waals surface area contributed by atoms with Gasteiger partial charge in [-0.15, -0.1) is 0 Å². The van der Waals surface area contributed by atoms with Crippen molar-refractivity contribution in [1.29, 1.82) is 0 Å². The predicted octanol–water partition coefficient (Wildman–Crippen LogP) is 3.63. The van der Waals surface area contributed by atoms with Crippen LogP contribution in [0.15, 0.2) is 48.5 Å². The number of methoxy groups -OCH3 is 2. The Morgan fingerprint density at radius 2 is 1.86 bits per heavy atom. The Bertz CT molecular complexity index is 805. The lowest BCUT2D eigenvalue weighted by Crippen LogP contribution is -2.00. The van der Waals surface area contributed by atoms with Crippen LogP contribution in [0.25, 0.3) is 22.2 Å². The highest BCUT2D eigenvalue weighted by Gasteiger charge is 2.11. The summed E-state index contributed by atoms with van der Waals surface area (Å²) in [5, 5.41) is 1.03. The number of hydrogen-bond acceptors (Lipinski definition) is 3. The number of fused-ring (bicyclic) bond motifs is 1. The third-order valence-corrected chi connectivity index (χ3v) is 3.44. The van der Waals surface area contributed by atoms with Crippen molar-refractivity contribution in [2.24, 2.45) is 0 Å². The summed E-state index contributed by atoms with van der Waals surface area (Å²) in [6.45, 7) is 0. The van der Waals surface area contributed by atoms with Crippen molar-refractivity contribution in [3.05, 3.63) is 54.1 Å². The molecule has 0 unspecified atom stereocenters. The average molecular weight is 281 g/mol. The zero-order valence-corrected chi connectivity index (χ0v) is 11.8. The van der Waals surface area contributed by atoms with Crippen LogP contribution in [0.4, 0.5) is 0 Å². The first-order valence-corrected chi connectivity index (χ1v) is 6.57. The van der Waals surface area contributed by atoms with Gasteiger partial charge in [-0.05, 0) is 30.3 Å². The fraction of sp³-hybridized carbons (Fsp3) is 0.118. The Balaban J connectivity index is 2.11. The molecule has 4 heteroatoms. The standard InChI is InChI=1S/C17H15NO3/c1-20-16-6-4-3-5-13(16)15-9-11-7-8-12(17(19)21-2)10-14(11)18-15/h3-10,18H,1-2H3. The second-order valence-electron chi connectivity index (χ2n) is 4.68. The second-order valence-corrected chi connectivity index (χ2v) is 4.68. The molecule has 0 saturated carbocycles. The Morgan fingerprint density at radius 3 is 2.62 bits per heavy atom. The van der Waals surface area contributed by atoms with Crippen molar-refractivity contribution >= 4 is 16.9 Å². The van der Waals surface area contributed by atoms with E-state index in [0.29, 0.717) is 5.56 Å². The molecule has 1 N–H and O–H groups in total. The highest BCUT2D eigenvalue weighted by Crippen LogP contribution is 2.31. The monoisotopic (exact) mass is 281 g/mol. The minimum absolute atomic E-state index is 0.342. The summed E-state index contributed by atoms with van der Waals surface area (Å²) in [5.41, 5.74) is 3.34. The van der Waals surface area contributed by atoms with Crippen molar-refractivity contribution in [2.45, 2.75) is 0 Å². The van der Waals surface area contributed by atoms with E-state index in [1.807, 2.05) is 36.4 Å². The molecule has 3 rings (SSSR count). The summed E-state index contributed by atoms with van der Waals surface area (Å²) in [4.78, 5) is 14.9. The first-order valence-electron chi connectivity index (χ1n) is 6.57. The molecule has 2 aromatic carbocycles. The maximum Gasteiger partial charge on any atom is 0.337 e. The van der Waals surface area contributed by atoms with E-state index in [9.17, 15) is 4.79 Å². The van der Waals surface area contributed by atoms with Crippen LogP contribution in [0, 0.1) is 0 Å². The molecule has 0 saturated heterocycles. The highest BCUT2D eigenvalue weighted by atomic mass is 16.5. The van der Waals surface area contributed by atoms with E-state index in [1.54, 1.807) is 19.2 Å². The van der Waals surface area contributed by atoms with Crippen LogP contribution in [0.1, 0.15) is 10.4 Å². The van der Waals surface area contributed by atoms with E-state index < -0.39 is 0 Å². The van der Waals surface area contributed by atoms with E-state index in [2.05, 4.69) is 4.98 Å². The molecule has 0 aliphatic rings. The van der Waals surface area contributed by atoms with Crippen LogP contribution in [-0.2, 0) is 4.74 Å². The smallest absolute Gasteiger partial charge is 0.337 e. The Hall–Kier alpha value is -2.75. The third-order valence-electron chi connectivity index (χ3n) is 3.44. The maximum absolute atomic E-state index is 11.6. The van der Waals surface area contributed by atoms with Gasteiger partial charge in [-0.3, -0.25) is 0 Å². The van der Waals surface area contributed by atoms with E-state index >= 15 is 0 Å². The number of H-pyrrole nitrogens is 1. The zero-order chi connectivity index (χ0) is 14.8. The SMILES string of the molecule is COC(=O)c1ccc2cc(-c3ccccc3OC)[nH]c2c1. The molecule has 0 atom stereocenters. The largest absolute Gasteiger partial charge is 0.496 e. The summed E-state index contributed by atoms with van der Waals surface area (Å²) in [6, 6.07) is 15.3. The number of para-hydroxylation sites is 1. The van der Waals surface area contributed by atoms with Gasteiger partial charge in [-0.2, -0.15) is 0 Å². The van der Waals surface area contributed by atoms with Gasteiger partial charge in [0.15, 0.2) is 0 Å². The number of carbonyl (C=O) groups excluding carboxylic acids is 1. The number of aromatic amines is 1. The molecule has 1 heterocycles.